The van der Waals surface area contributed by atoms with Gasteiger partial charge in [0.25, 0.3) is 0 Å². The smallest absolute Gasteiger partial charge is 0.171 e. The fourth-order valence-corrected chi connectivity index (χ4v) is 2.08. The van der Waals surface area contributed by atoms with Crippen LogP contribution in [-0.2, 0) is 6.54 Å². The molecule has 22 heavy (non-hydrogen) atoms. The van der Waals surface area contributed by atoms with Crippen LogP contribution in [0.4, 0.5) is 5.69 Å². The van der Waals surface area contributed by atoms with Crippen LogP contribution in [0.25, 0.3) is 0 Å². The first-order valence-corrected chi connectivity index (χ1v) is 7.38. The minimum absolute atomic E-state index is 0.543. The summed E-state index contributed by atoms with van der Waals surface area (Å²) in [4.78, 5) is 4.03. The van der Waals surface area contributed by atoms with Crippen LogP contribution in [0.1, 0.15) is 12.5 Å². The van der Waals surface area contributed by atoms with Crippen molar-refractivity contribution < 1.29 is 9.47 Å². The Morgan fingerprint density at radius 3 is 2.82 bits per heavy atom. The average Bonchev–Trinajstić information content (AvgIpc) is 2.54. The normalized spacial score (nSPS) is 9.91. The van der Waals surface area contributed by atoms with Crippen LogP contribution in [0.5, 0.6) is 11.5 Å². The van der Waals surface area contributed by atoms with E-state index in [0.29, 0.717) is 18.3 Å². The van der Waals surface area contributed by atoms with Gasteiger partial charge in [-0.15, -0.1) is 0 Å². The van der Waals surface area contributed by atoms with Crippen LogP contribution in [0.15, 0.2) is 42.7 Å². The van der Waals surface area contributed by atoms with Gasteiger partial charge in [0.15, 0.2) is 16.6 Å². The highest BCUT2D eigenvalue weighted by Crippen LogP contribution is 2.27. The first-order valence-electron chi connectivity index (χ1n) is 6.97. The highest BCUT2D eigenvalue weighted by molar-refractivity contribution is 7.80. The molecule has 2 aromatic rings. The van der Waals surface area contributed by atoms with E-state index >= 15 is 0 Å². The molecular formula is C16H19N3O2S. The van der Waals surface area contributed by atoms with E-state index in [1.165, 1.54) is 0 Å². The lowest BCUT2D eigenvalue weighted by Gasteiger charge is -2.13. The quantitative estimate of drug-likeness (QED) is 0.799. The van der Waals surface area contributed by atoms with E-state index < -0.39 is 0 Å². The Bertz CT molecular complexity index is 620. The van der Waals surface area contributed by atoms with E-state index in [-0.39, 0.29) is 0 Å². The highest BCUT2D eigenvalue weighted by Gasteiger charge is 2.06. The fraction of sp³-hybridized carbons (Fsp3) is 0.250. The monoisotopic (exact) mass is 317 g/mol. The van der Waals surface area contributed by atoms with E-state index in [9.17, 15) is 0 Å². The van der Waals surface area contributed by atoms with Gasteiger partial charge in [0, 0.05) is 12.7 Å². The van der Waals surface area contributed by atoms with Gasteiger partial charge in [-0.25, -0.2) is 0 Å². The van der Waals surface area contributed by atoms with E-state index in [2.05, 4.69) is 15.6 Å². The van der Waals surface area contributed by atoms with E-state index in [4.69, 9.17) is 21.7 Å². The molecule has 0 radical (unpaired) electrons. The molecule has 0 spiro atoms. The van der Waals surface area contributed by atoms with Gasteiger partial charge in [0.1, 0.15) is 0 Å². The van der Waals surface area contributed by atoms with Crippen LogP contribution < -0.4 is 20.1 Å². The van der Waals surface area contributed by atoms with Crippen molar-refractivity contribution in [3.8, 4) is 11.5 Å². The number of ether oxygens (including phenoxy) is 2. The van der Waals surface area contributed by atoms with Crippen molar-refractivity contribution in [2.75, 3.05) is 19.0 Å². The maximum atomic E-state index is 5.56. The first kappa shape index (κ1) is 16.0. The van der Waals surface area contributed by atoms with Gasteiger partial charge in [-0.2, -0.15) is 0 Å². The predicted molar refractivity (Wildman–Crippen MR) is 91.5 cm³/mol. The molecule has 0 bridgehead atoms. The number of hydrogen-bond acceptors (Lipinski definition) is 4. The number of methoxy groups -OCH3 is 1. The molecule has 0 fully saturated rings. The molecule has 0 aliphatic rings. The van der Waals surface area contributed by atoms with Crippen molar-refractivity contribution in [2.45, 2.75) is 13.5 Å². The molecule has 0 amide bonds. The molecule has 0 atom stereocenters. The molecule has 116 valence electrons. The van der Waals surface area contributed by atoms with Gasteiger partial charge in [-0.05, 0) is 49.0 Å². The van der Waals surface area contributed by atoms with E-state index in [0.717, 1.165) is 22.7 Å². The Labute approximate surface area is 135 Å². The number of thiocarbonyl (C=S) groups is 1. The molecule has 2 rings (SSSR count). The SMILES string of the molecule is CCOc1cc(CNC(=S)Nc2cccnc2)ccc1OC. The minimum Gasteiger partial charge on any atom is -0.493 e. The zero-order valence-corrected chi connectivity index (χ0v) is 13.4. The van der Waals surface area contributed by atoms with Crippen LogP contribution >= 0.6 is 12.2 Å². The first-order chi connectivity index (χ1) is 10.7. The third-order valence-corrected chi connectivity index (χ3v) is 3.15. The van der Waals surface area contributed by atoms with Gasteiger partial charge in [-0.1, -0.05) is 6.07 Å². The average molecular weight is 317 g/mol. The zero-order valence-electron chi connectivity index (χ0n) is 12.6. The second kappa shape index (κ2) is 8.19. The number of aromatic nitrogens is 1. The Kier molecular flexibility index (Phi) is 5.97. The summed E-state index contributed by atoms with van der Waals surface area (Å²) in [6, 6.07) is 9.56. The summed E-state index contributed by atoms with van der Waals surface area (Å²) in [6.45, 7) is 3.13. The van der Waals surface area contributed by atoms with Crippen molar-refractivity contribution in [2.24, 2.45) is 0 Å². The van der Waals surface area contributed by atoms with Crippen molar-refractivity contribution >= 4 is 23.0 Å². The van der Waals surface area contributed by atoms with Gasteiger partial charge in [0.05, 0.1) is 25.6 Å². The molecule has 0 unspecified atom stereocenters. The van der Waals surface area contributed by atoms with Crippen molar-refractivity contribution in [1.82, 2.24) is 10.3 Å². The molecule has 1 heterocycles. The largest absolute Gasteiger partial charge is 0.493 e. The number of pyridine rings is 1. The van der Waals surface area contributed by atoms with Crippen LogP contribution in [0, 0.1) is 0 Å². The number of nitrogens with one attached hydrogen (secondary N) is 2. The zero-order chi connectivity index (χ0) is 15.8. The van der Waals surface area contributed by atoms with Gasteiger partial charge in [0.2, 0.25) is 0 Å². The number of hydrogen-bond donors (Lipinski definition) is 2. The summed E-state index contributed by atoms with van der Waals surface area (Å²) in [5.41, 5.74) is 1.91. The number of benzene rings is 1. The summed E-state index contributed by atoms with van der Waals surface area (Å²) in [7, 11) is 1.63. The van der Waals surface area contributed by atoms with Crippen molar-refractivity contribution in [3.63, 3.8) is 0 Å². The molecule has 1 aromatic carbocycles. The molecule has 2 N–H and O–H groups in total. The topological polar surface area (TPSA) is 55.4 Å². The maximum absolute atomic E-state index is 5.56. The van der Waals surface area contributed by atoms with Gasteiger partial charge in [-0.3, -0.25) is 4.98 Å². The summed E-state index contributed by atoms with van der Waals surface area (Å²) in [5, 5.41) is 6.77. The lowest BCUT2D eigenvalue weighted by Crippen LogP contribution is -2.27. The Hall–Kier alpha value is -2.34. The summed E-state index contributed by atoms with van der Waals surface area (Å²) in [6.07, 6.45) is 3.43. The standard InChI is InChI=1S/C16H19N3O2S/c1-3-21-15-9-12(6-7-14(15)20-2)10-18-16(22)19-13-5-4-8-17-11-13/h4-9,11H,3,10H2,1-2H3,(H2,18,19,22). The fourth-order valence-electron chi connectivity index (χ4n) is 1.89. The number of nitrogens with zero attached hydrogens (tertiary/aromatic N) is 1. The second-order valence-electron chi connectivity index (χ2n) is 4.47. The third kappa shape index (κ3) is 4.60. The molecule has 0 aliphatic heterocycles. The molecule has 6 heteroatoms. The van der Waals surface area contributed by atoms with Crippen LogP contribution in [0.3, 0.4) is 0 Å². The number of rotatable bonds is 6. The molecule has 0 aliphatic carbocycles. The Morgan fingerprint density at radius 2 is 2.14 bits per heavy atom. The third-order valence-electron chi connectivity index (χ3n) is 2.90. The van der Waals surface area contributed by atoms with E-state index in [1.807, 2.05) is 37.3 Å². The molecule has 5 nitrogen and oxygen atoms in total. The lowest BCUT2D eigenvalue weighted by atomic mass is 10.2. The van der Waals surface area contributed by atoms with Crippen LogP contribution in [0.2, 0.25) is 0 Å². The van der Waals surface area contributed by atoms with Crippen molar-refractivity contribution in [1.29, 1.82) is 0 Å². The minimum atomic E-state index is 0.543. The second-order valence-corrected chi connectivity index (χ2v) is 4.88. The molecule has 0 saturated carbocycles. The van der Waals surface area contributed by atoms with Gasteiger partial charge >= 0.3 is 0 Å². The Balaban J connectivity index is 1.93. The summed E-state index contributed by atoms with van der Waals surface area (Å²) < 4.78 is 10.8. The Morgan fingerprint density at radius 1 is 1.27 bits per heavy atom. The lowest BCUT2D eigenvalue weighted by molar-refractivity contribution is 0.310. The van der Waals surface area contributed by atoms with Crippen LogP contribution in [-0.4, -0.2) is 23.8 Å². The highest BCUT2D eigenvalue weighted by atomic mass is 32.1. The number of anilines is 1. The summed E-state index contributed by atoms with van der Waals surface area (Å²) in [5.74, 6) is 1.46. The molecule has 0 saturated heterocycles. The maximum Gasteiger partial charge on any atom is 0.171 e. The van der Waals surface area contributed by atoms with Crippen molar-refractivity contribution in [3.05, 3.63) is 48.3 Å². The predicted octanol–water partition coefficient (Wildman–Crippen LogP) is 2.98. The van der Waals surface area contributed by atoms with Gasteiger partial charge < -0.3 is 20.1 Å². The molecule has 1 aromatic heterocycles. The molecular weight excluding hydrogens is 298 g/mol. The van der Waals surface area contributed by atoms with E-state index in [1.54, 1.807) is 19.5 Å². The summed E-state index contributed by atoms with van der Waals surface area (Å²) >= 11 is 5.26.